The highest BCUT2D eigenvalue weighted by atomic mass is 35.5. The van der Waals surface area contributed by atoms with E-state index in [0.717, 1.165) is 18.7 Å². The van der Waals surface area contributed by atoms with Crippen LogP contribution in [0.3, 0.4) is 0 Å². The fraction of sp³-hybridized carbons (Fsp3) is 0.333. The van der Waals surface area contributed by atoms with Crippen molar-refractivity contribution in [3.8, 4) is 11.5 Å². The molecule has 2 aromatic carbocycles. The second-order valence-corrected chi connectivity index (χ2v) is 6.61. The first kappa shape index (κ1) is 21.7. The van der Waals surface area contributed by atoms with Crippen molar-refractivity contribution in [3.63, 3.8) is 0 Å². The first-order chi connectivity index (χ1) is 13.6. The molecule has 0 atom stereocenters. The Hall–Kier alpha value is -2.57. The molecule has 0 unspecified atom stereocenters. The third-order valence-electron chi connectivity index (χ3n) is 3.95. The van der Waals surface area contributed by atoms with E-state index in [0.29, 0.717) is 48.2 Å². The van der Waals surface area contributed by atoms with Crippen LogP contribution in [0.5, 0.6) is 11.5 Å². The molecule has 2 aromatic rings. The minimum absolute atomic E-state index is 0.150. The van der Waals surface area contributed by atoms with Crippen molar-refractivity contribution in [2.75, 3.05) is 26.3 Å². The number of amides is 1. The fourth-order valence-electron chi connectivity index (χ4n) is 2.46. The predicted molar refractivity (Wildman–Crippen MR) is 112 cm³/mol. The summed E-state index contributed by atoms with van der Waals surface area (Å²) < 4.78 is 11.3. The van der Waals surface area contributed by atoms with E-state index in [-0.39, 0.29) is 6.42 Å². The molecule has 0 fully saturated rings. The average molecular weight is 404 g/mol. The number of rotatable bonds is 13. The van der Waals surface area contributed by atoms with Crippen LogP contribution in [0.15, 0.2) is 48.5 Å². The van der Waals surface area contributed by atoms with E-state index in [1.54, 1.807) is 18.2 Å². The van der Waals surface area contributed by atoms with Gasteiger partial charge >= 0.3 is 0 Å². The maximum absolute atomic E-state index is 10.8. The molecule has 0 aliphatic rings. The Bertz CT molecular complexity index is 769. The number of hydrogen-bond acceptors (Lipinski definition) is 5. The van der Waals surface area contributed by atoms with Crippen LogP contribution in [0.25, 0.3) is 0 Å². The molecule has 28 heavy (non-hydrogen) atoms. The number of carbonyl (C=O) groups excluding carboxylic acids is 1. The number of halogens is 1. The minimum atomic E-state index is -0.421. The lowest BCUT2D eigenvalue weighted by atomic mass is 10.1. The minimum Gasteiger partial charge on any atom is -0.494 e. The van der Waals surface area contributed by atoms with E-state index in [2.05, 4.69) is 5.32 Å². The summed E-state index contributed by atoms with van der Waals surface area (Å²) in [4.78, 5) is 10.8. The monoisotopic (exact) mass is 403 g/mol. The summed E-state index contributed by atoms with van der Waals surface area (Å²) in [6.07, 6.45) is 1.35. The highest BCUT2D eigenvalue weighted by Gasteiger charge is 2.08. The molecule has 0 aromatic heterocycles. The molecule has 0 aliphatic carbocycles. The standard InChI is InChI=1S/C21H26ClN3O3/c22-18-15-16(19(23)8-10-21(24)26)7-9-20(18)28-14-12-25-11-4-13-27-17-5-2-1-3-6-17/h1-3,5-7,9,15,23,25H,4,8,10-14H2,(H2,24,26). The third-order valence-corrected chi connectivity index (χ3v) is 4.24. The molecule has 0 saturated carbocycles. The number of carbonyl (C=O) groups is 1. The number of primary amides is 1. The lowest BCUT2D eigenvalue weighted by Gasteiger charge is -2.11. The predicted octanol–water partition coefficient (Wildman–Crippen LogP) is 3.41. The van der Waals surface area contributed by atoms with Crippen molar-refractivity contribution < 1.29 is 14.3 Å². The first-order valence-electron chi connectivity index (χ1n) is 9.23. The highest BCUT2D eigenvalue weighted by Crippen LogP contribution is 2.26. The Morgan fingerprint density at radius 2 is 1.82 bits per heavy atom. The van der Waals surface area contributed by atoms with Gasteiger partial charge in [-0.05, 0) is 55.3 Å². The Morgan fingerprint density at radius 3 is 2.54 bits per heavy atom. The van der Waals surface area contributed by atoms with Gasteiger partial charge in [0.15, 0.2) is 0 Å². The maximum atomic E-state index is 10.8. The van der Waals surface area contributed by atoms with E-state index < -0.39 is 5.91 Å². The van der Waals surface area contributed by atoms with Crippen LogP contribution >= 0.6 is 11.6 Å². The fourth-order valence-corrected chi connectivity index (χ4v) is 2.70. The van der Waals surface area contributed by atoms with Crippen molar-refractivity contribution in [1.29, 1.82) is 5.41 Å². The molecule has 2 rings (SSSR count). The topological polar surface area (TPSA) is 97.4 Å². The van der Waals surface area contributed by atoms with E-state index in [4.69, 9.17) is 32.2 Å². The molecule has 0 radical (unpaired) electrons. The molecule has 1 amide bonds. The Morgan fingerprint density at radius 1 is 1.04 bits per heavy atom. The van der Waals surface area contributed by atoms with Crippen LogP contribution in [0.4, 0.5) is 0 Å². The zero-order valence-corrected chi connectivity index (χ0v) is 16.5. The van der Waals surface area contributed by atoms with Gasteiger partial charge in [0.25, 0.3) is 0 Å². The average Bonchev–Trinajstić information content (AvgIpc) is 2.69. The van der Waals surface area contributed by atoms with Gasteiger partial charge < -0.3 is 25.9 Å². The van der Waals surface area contributed by atoms with Gasteiger partial charge in [-0.25, -0.2) is 0 Å². The molecule has 0 heterocycles. The van der Waals surface area contributed by atoms with Crippen LogP contribution < -0.4 is 20.5 Å². The lowest BCUT2D eigenvalue weighted by Crippen LogP contribution is -2.23. The molecule has 0 bridgehead atoms. The molecule has 6 nitrogen and oxygen atoms in total. The second-order valence-electron chi connectivity index (χ2n) is 6.20. The zero-order chi connectivity index (χ0) is 20.2. The molecule has 0 saturated heterocycles. The van der Waals surface area contributed by atoms with Gasteiger partial charge in [-0.3, -0.25) is 4.79 Å². The summed E-state index contributed by atoms with van der Waals surface area (Å²) in [5, 5.41) is 11.7. The van der Waals surface area contributed by atoms with Crippen molar-refractivity contribution in [3.05, 3.63) is 59.1 Å². The van der Waals surface area contributed by atoms with E-state index in [1.165, 1.54) is 0 Å². The molecule has 4 N–H and O–H groups in total. The van der Waals surface area contributed by atoms with Crippen LogP contribution in [-0.2, 0) is 4.79 Å². The number of hydrogen-bond donors (Lipinski definition) is 3. The van der Waals surface area contributed by atoms with Gasteiger partial charge in [0.05, 0.1) is 11.6 Å². The number of nitrogens with two attached hydrogens (primary N) is 1. The van der Waals surface area contributed by atoms with E-state index in [1.807, 2.05) is 30.3 Å². The summed E-state index contributed by atoms with van der Waals surface area (Å²) >= 11 is 6.23. The number of para-hydroxylation sites is 1. The molecular formula is C21H26ClN3O3. The van der Waals surface area contributed by atoms with Crippen LogP contribution in [0, 0.1) is 5.41 Å². The van der Waals surface area contributed by atoms with Gasteiger partial charge in [0, 0.05) is 18.7 Å². The van der Waals surface area contributed by atoms with Crippen molar-refractivity contribution in [2.24, 2.45) is 5.73 Å². The summed E-state index contributed by atoms with van der Waals surface area (Å²) in [6.45, 7) is 2.67. The van der Waals surface area contributed by atoms with Crippen LogP contribution in [0.2, 0.25) is 5.02 Å². The Kier molecular flexibility index (Phi) is 9.31. The molecule has 0 spiro atoms. The van der Waals surface area contributed by atoms with E-state index >= 15 is 0 Å². The molecular weight excluding hydrogens is 378 g/mol. The van der Waals surface area contributed by atoms with Gasteiger partial charge in [-0.15, -0.1) is 0 Å². The SMILES string of the molecule is N=C(CCC(N)=O)c1ccc(OCCNCCCOc2ccccc2)c(Cl)c1. The smallest absolute Gasteiger partial charge is 0.217 e. The Balaban J connectivity index is 1.61. The van der Waals surface area contributed by atoms with Crippen molar-refractivity contribution in [1.82, 2.24) is 5.32 Å². The Labute approximate surface area is 170 Å². The summed E-state index contributed by atoms with van der Waals surface area (Å²) in [6, 6.07) is 14.9. The summed E-state index contributed by atoms with van der Waals surface area (Å²) in [5.41, 5.74) is 6.10. The van der Waals surface area contributed by atoms with Crippen LogP contribution in [0.1, 0.15) is 24.8 Å². The van der Waals surface area contributed by atoms with Gasteiger partial charge in [0.1, 0.15) is 18.1 Å². The normalized spacial score (nSPS) is 10.5. The number of nitrogens with one attached hydrogen (secondary N) is 2. The van der Waals surface area contributed by atoms with Gasteiger partial charge in [0.2, 0.25) is 5.91 Å². The van der Waals surface area contributed by atoms with Crippen LogP contribution in [-0.4, -0.2) is 37.9 Å². The number of ether oxygens (including phenoxy) is 2. The molecule has 7 heteroatoms. The molecule has 0 aliphatic heterocycles. The lowest BCUT2D eigenvalue weighted by molar-refractivity contribution is -0.117. The maximum Gasteiger partial charge on any atom is 0.217 e. The summed E-state index contributed by atoms with van der Waals surface area (Å²) in [5.74, 6) is 1.03. The zero-order valence-electron chi connectivity index (χ0n) is 15.7. The number of benzene rings is 2. The molecule has 150 valence electrons. The van der Waals surface area contributed by atoms with Crippen molar-refractivity contribution in [2.45, 2.75) is 19.3 Å². The summed E-state index contributed by atoms with van der Waals surface area (Å²) in [7, 11) is 0. The van der Waals surface area contributed by atoms with Gasteiger partial charge in [-0.1, -0.05) is 29.8 Å². The van der Waals surface area contributed by atoms with E-state index in [9.17, 15) is 4.79 Å². The highest BCUT2D eigenvalue weighted by molar-refractivity contribution is 6.32. The second kappa shape index (κ2) is 12.0. The van der Waals surface area contributed by atoms with Gasteiger partial charge in [-0.2, -0.15) is 0 Å². The quantitative estimate of drug-likeness (QED) is 0.352. The van der Waals surface area contributed by atoms with Crippen molar-refractivity contribution >= 4 is 23.2 Å². The largest absolute Gasteiger partial charge is 0.494 e. The first-order valence-corrected chi connectivity index (χ1v) is 9.61. The third kappa shape index (κ3) is 7.98.